The van der Waals surface area contributed by atoms with Crippen LogP contribution < -0.4 is 0 Å². The Morgan fingerprint density at radius 1 is 1.09 bits per heavy atom. The number of carbonyl (C=O) groups excluding carboxylic acids is 1. The minimum atomic E-state index is -0.267. The highest BCUT2D eigenvalue weighted by Crippen LogP contribution is 2.45. The number of Topliss-reactive ketones (excluding diaryl/α,β-unsaturated/α-hetero) is 1. The van der Waals surface area contributed by atoms with Crippen LogP contribution in [0.3, 0.4) is 0 Å². The van der Waals surface area contributed by atoms with E-state index in [1.807, 2.05) is 54.7 Å². The smallest absolute Gasteiger partial charge is 0.185 e. The second-order valence-electron chi connectivity index (χ2n) is 6.05. The largest absolute Gasteiger partial charge is 0.359 e. The Bertz CT molecular complexity index is 819. The molecule has 0 unspecified atom stereocenters. The Hall–Kier alpha value is -2.86. The number of hydrogen-bond acceptors (Lipinski definition) is 3. The Balaban J connectivity index is 1.74. The predicted octanol–water partition coefficient (Wildman–Crippen LogP) is 3.81. The van der Waals surface area contributed by atoms with E-state index in [1.54, 1.807) is 0 Å². The minimum Gasteiger partial charge on any atom is -0.359 e. The molecule has 0 N–H and O–H groups in total. The van der Waals surface area contributed by atoms with Gasteiger partial charge in [0.2, 0.25) is 0 Å². The Morgan fingerprint density at radius 2 is 1.83 bits per heavy atom. The SMILES string of the molecule is N#C[C@@H]1C[C@H](C(=O)c2ccccc2)N2C=Cc3ccccc3[C@H]12. The first kappa shape index (κ1) is 13.8. The summed E-state index contributed by atoms with van der Waals surface area (Å²) in [7, 11) is 0. The first-order valence-electron chi connectivity index (χ1n) is 7.83. The molecule has 2 heterocycles. The van der Waals surface area contributed by atoms with Crippen LogP contribution in [0.5, 0.6) is 0 Å². The lowest BCUT2D eigenvalue weighted by Gasteiger charge is -2.33. The maximum atomic E-state index is 12.9. The summed E-state index contributed by atoms with van der Waals surface area (Å²) in [6.45, 7) is 0. The van der Waals surface area contributed by atoms with E-state index in [-0.39, 0.29) is 23.8 Å². The van der Waals surface area contributed by atoms with Gasteiger partial charge in [0.1, 0.15) is 0 Å². The van der Waals surface area contributed by atoms with E-state index in [1.165, 1.54) is 0 Å². The predicted molar refractivity (Wildman–Crippen MR) is 88.3 cm³/mol. The van der Waals surface area contributed by atoms with E-state index in [0.29, 0.717) is 12.0 Å². The van der Waals surface area contributed by atoms with Crippen LogP contribution in [0.2, 0.25) is 0 Å². The topological polar surface area (TPSA) is 44.1 Å². The molecule has 0 aromatic heterocycles. The third kappa shape index (κ3) is 2.15. The molecular formula is C20H16N2O. The van der Waals surface area contributed by atoms with Crippen LogP contribution in [0.4, 0.5) is 0 Å². The zero-order valence-corrected chi connectivity index (χ0v) is 12.6. The van der Waals surface area contributed by atoms with Crippen molar-refractivity contribution in [2.75, 3.05) is 0 Å². The molecule has 112 valence electrons. The molecule has 0 radical (unpaired) electrons. The standard InChI is InChI=1S/C20H16N2O/c21-13-16-12-18(20(23)15-7-2-1-3-8-15)22-11-10-14-6-4-5-9-17(14)19(16)22/h1-11,16,18-19H,12H2/t16-,18+,19-/m0/s1. The Labute approximate surface area is 135 Å². The lowest BCUT2D eigenvalue weighted by molar-refractivity contribution is 0.0885. The summed E-state index contributed by atoms with van der Waals surface area (Å²) < 4.78 is 0. The fourth-order valence-corrected chi connectivity index (χ4v) is 3.73. The molecule has 2 aromatic carbocycles. The van der Waals surface area contributed by atoms with Crippen molar-refractivity contribution >= 4 is 11.9 Å². The second-order valence-corrected chi connectivity index (χ2v) is 6.05. The number of nitrogens with zero attached hydrogens (tertiary/aromatic N) is 2. The summed E-state index contributed by atoms with van der Waals surface area (Å²) in [4.78, 5) is 15.0. The fourth-order valence-electron chi connectivity index (χ4n) is 3.73. The first-order valence-corrected chi connectivity index (χ1v) is 7.83. The van der Waals surface area contributed by atoms with Gasteiger partial charge in [-0.2, -0.15) is 5.26 Å². The molecule has 1 fully saturated rings. The third-order valence-electron chi connectivity index (χ3n) is 4.81. The second kappa shape index (κ2) is 5.40. The molecule has 0 saturated carbocycles. The quantitative estimate of drug-likeness (QED) is 0.792. The highest BCUT2D eigenvalue weighted by Gasteiger charge is 2.45. The molecule has 1 saturated heterocycles. The number of benzene rings is 2. The minimum absolute atomic E-state index is 0.0288. The first-order chi connectivity index (χ1) is 11.3. The van der Waals surface area contributed by atoms with E-state index >= 15 is 0 Å². The highest BCUT2D eigenvalue weighted by atomic mass is 16.1. The van der Waals surface area contributed by atoms with Gasteiger partial charge in [0.15, 0.2) is 5.78 Å². The van der Waals surface area contributed by atoms with Gasteiger partial charge in [-0.15, -0.1) is 0 Å². The summed E-state index contributed by atoms with van der Waals surface area (Å²) in [6, 6.07) is 19.6. The lowest BCUT2D eigenvalue weighted by Crippen LogP contribution is -2.35. The fraction of sp³-hybridized carbons (Fsp3) is 0.200. The van der Waals surface area contributed by atoms with Crippen LogP contribution in [-0.4, -0.2) is 16.7 Å². The van der Waals surface area contributed by atoms with Crippen molar-refractivity contribution in [2.45, 2.75) is 18.5 Å². The van der Waals surface area contributed by atoms with Crippen LogP contribution in [0.1, 0.15) is 33.9 Å². The van der Waals surface area contributed by atoms with Crippen molar-refractivity contribution in [1.82, 2.24) is 4.90 Å². The zero-order valence-electron chi connectivity index (χ0n) is 12.6. The summed E-state index contributed by atoms with van der Waals surface area (Å²) >= 11 is 0. The molecular weight excluding hydrogens is 284 g/mol. The van der Waals surface area contributed by atoms with Crippen molar-refractivity contribution < 1.29 is 4.79 Å². The molecule has 2 aliphatic rings. The van der Waals surface area contributed by atoms with Gasteiger partial charge in [-0.25, -0.2) is 0 Å². The highest BCUT2D eigenvalue weighted by molar-refractivity contribution is 6.00. The van der Waals surface area contributed by atoms with Crippen molar-refractivity contribution in [2.24, 2.45) is 5.92 Å². The lowest BCUT2D eigenvalue weighted by atomic mass is 9.89. The molecule has 23 heavy (non-hydrogen) atoms. The summed E-state index contributed by atoms with van der Waals surface area (Å²) in [5, 5.41) is 9.59. The van der Waals surface area contributed by atoms with E-state index in [0.717, 1.165) is 11.1 Å². The van der Waals surface area contributed by atoms with Gasteiger partial charge >= 0.3 is 0 Å². The monoisotopic (exact) mass is 300 g/mol. The maximum Gasteiger partial charge on any atom is 0.185 e. The zero-order chi connectivity index (χ0) is 15.8. The van der Waals surface area contributed by atoms with Crippen LogP contribution in [0, 0.1) is 17.2 Å². The molecule has 3 nitrogen and oxygen atoms in total. The van der Waals surface area contributed by atoms with Gasteiger partial charge in [-0.3, -0.25) is 4.79 Å². The van der Waals surface area contributed by atoms with Gasteiger partial charge in [0, 0.05) is 11.8 Å². The summed E-state index contributed by atoms with van der Waals surface area (Å²) in [6.07, 6.45) is 4.60. The molecule has 0 amide bonds. The average molecular weight is 300 g/mol. The third-order valence-corrected chi connectivity index (χ3v) is 4.81. The van der Waals surface area contributed by atoms with E-state index in [2.05, 4.69) is 23.1 Å². The molecule has 2 aliphatic heterocycles. The van der Waals surface area contributed by atoms with Gasteiger partial charge in [0.25, 0.3) is 0 Å². The normalized spacial score (nSPS) is 24.7. The maximum absolute atomic E-state index is 12.9. The molecule has 0 spiro atoms. The van der Waals surface area contributed by atoms with Crippen LogP contribution >= 0.6 is 0 Å². The molecule has 3 atom stereocenters. The number of fused-ring (bicyclic) bond motifs is 3. The van der Waals surface area contributed by atoms with E-state index in [9.17, 15) is 10.1 Å². The summed E-state index contributed by atoms with van der Waals surface area (Å²) in [5.74, 6) is -0.0730. The van der Waals surface area contributed by atoms with Gasteiger partial charge in [-0.1, -0.05) is 54.6 Å². The van der Waals surface area contributed by atoms with Gasteiger partial charge < -0.3 is 4.90 Å². The number of carbonyl (C=O) groups is 1. The number of ketones is 1. The number of hydrogen-bond donors (Lipinski definition) is 0. The Kier molecular flexibility index (Phi) is 3.24. The number of rotatable bonds is 2. The molecule has 4 rings (SSSR count). The van der Waals surface area contributed by atoms with Gasteiger partial charge in [0.05, 0.1) is 24.1 Å². The van der Waals surface area contributed by atoms with Crippen LogP contribution in [0.25, 0.3) is 6.08 Å². The van der Waals surface area contributed by atoms with Crippen molar-refractivity contribution in [3.05, 3.63) is 77.5 Å². The summed E-state index contributed by atoms with van der Waals surface area (Å²) in [5.41, 5.74) is 2.99. The van der Waals surface area contributed by atoms with E-state index in [4.69, 9.17) is 0 Å². The van der Waals surface area contributed by atoms with Crippen molar-refractivity contribution in [1.29, 1.82) is 5.26 Å². The molecule has 0 aliphatic carbocycles. The van der Waals surface area contributed by atoms with Crippen LogP contribution in [-0.2, 0) is 0 Å². The average Bonchev–Trinajstić information content (AvgIpc) is 3.01. The van der Waals surface area contributed by atoms with Gasteiger partial charge in [-0.05, 0) is 23.6 Å². The molecule has 0 bridgehead atoms. The Morgan fingerprint density at radius 3 is 2.61 bits per heavy atom. The van der Waals surface area contributed by atoms with Crippen LogP contribution in [0.15, 0.2) is 60.8 Å². The molecule has 3 heteroatoms. The van der Waals surface area contributed by atoms with E-state index < -0.39 is 0 Å². The molecule has 2 aromatic rings. The van der Waals surface area contributed by atoms with Crippen molar-refractivity contribution in [3.8, 4) is 6.07 Å². The van der Waals surface area contributed by atoms with Crippen molar-refractivity contribution in [3.63, 3.8) is 0 Å². The number of nitriles is 1.